The van der Waals surface area contributed by atoms with Crippen LogP contribution in [0.15, 0.2) is 79.0 Å². The van der Waals surface area contributed by atoms with Crippen molar-refractivity contribution in [1.29, 1.82) is 0 Å². The van der Waals surface area contributed by atoms with Crippen LogP contribution in [-0.4, -0.2) is 34.5 Å². The number of rotatable bonds is 6. The van der Waals surface area contributed by atoms with Crippen molar-refractivity contribution in [2.24, 2.45) is 0 Å². The van der Waals surface area contributed by atoms with Crippen LogP contribution in [-0.2, 0) is 12.8 Å². The van der Waals surface area contributed by atoms with E-state index in [4.69, 9.17) is 16.6 Å². The van der Waals surface area contributed by atoms with E-state index in [0.717, 1.165) is 52.5 Å². The molecule has 1 aromatic heterocycles. The van der Waals surface area contributed by atoms with Gasteiger partial charge in [-0.25, -0.2) is 9.97 Å². The van der Waals surface area contributed by atoms with Crippen LogP contribution in [0.1, 0.15) is 47.4 Å². The van der Waals surface area contributed by atoms with Crippen LogP contribution in [0.5, 0.6) is 0 Å². The molecule has 1 aliphatic heterocycles. The molecule has 36 heavy (non-hydrogen) atoms. The van der Waals surface area contributed by atoms with E-state index in [1.165, 1.54) is 43.5 Å². The maximum atomic E-state index is 6.59. The highest BCUT2D eigenvalue weighted by molar-refractivity contribution is 6.31. The molecule has 4 aromatic rings. The summed E-state index contributed by atoms with van der Waals surface area (Å²) in [6.45, 7) is 3.64. The lowest BCUT2D eigenvalue weighted by atomic mass is 9.78. The Kier molecular flexibility index (Phi) is 6.71. The third kappa shape index (κ3) is 4.88. The molecular weight excluding hydrogens is 464 g/mol. The zero-order valence-electron chi connectivity index (χ0n) is 20.5. The number of hydrogen-bond acceptors (Lipinski definition) is 4. The SMILES string of the molecule is Clc1ccccc1C1Cc2cnc(Nc3ccc(CCN4CCCCC4)cc3)nc2-c2ccccc21. The van der Waals surface area contributed by atoms with E-state index in [1.54, 1.807) is 0 Å². The van der Waals surface area contributed by atoms with Gasteiger partial charge in [0, 0.05) is 34.9 Å². The van der Waals surface area contributed by atoms with E-state index >= 15 is 0 Å². The first-order chi connectivity index (χ1) is 17.7. The lowest BCUT2D eigenvalue weighted by Crippen LogP contribution is -2.31. The first-order valence-corrected chi connectivity index (χ1v) is 13.4. The van der Waals surface area contributed by atoms with Gasteiger partial charge in [0.1, 0.15) is 0 Å². The normalized spacial score (nSPS) is 17.3. The van der Waals surface area contributed by atoms with Crippen LogP contribution in [0.4, 0.5) is 11.6 Å². The van der Waals surface area contributed by atoms with E-state index in [9.17, 15) is 0 Å². The van der Waals surface area contributed by atoms with Crippen molar-refractivity contribution in [1.82, 2.24) is 14.9 Å². The molecule has 182 valence electrons. The van der Waals surface area contributed by atoms with Gasteiger partial charge in [-0.1, -0.05) is 72.6 Å². The van der Waals surface area contributed by atoms with E-state index in [0.29, 0.717) is 5.95 Å². The van der Waals surface area contributed by atoms with Crippen LogP contribution in [0.25, 0.3) is 11.3 Å². The number of nitrogens with one attached hydrogen (secondary N) is 1. The van der Waals surface area contributed by atoms with Crippen LogP contribution in [0.2, 0.25) is 5.02 Å². The molecule has 2 heterocycles. The predicted octanol–water partition coefficient (Wildman–Crippen LogP) is 7.26. The van der Waals surface area contributed by atoms with Gasteiger partial charge in [-0.2, -0.15) is 0 Å². The molecule has 1 aliphatic carbocycles. The standard InChI is InChI=1S/C31H31ClN4/c32-29-11-5-4-9-26(29)28-20-23-21-33-31(35-30(23)27-10-3-2-8-25(27)28)34-24-14-12-22(13-15-24)16-19-36-17-6-1-7-18-36/h2-5,8-15,21,28H,1,6-7,16-20H2,(H,33,34,35). The Bertz CT molecular complexity index is 1350. The topological polar surface area (TPSA) is 41.1 Å². The number of fused-ring (bicyclic) bond motifs is 3. The van der Waals surface area contributed by atoms with Crippen molar-refractivity contribution >= 4 is 23.2 Å². The maximum absolute atomic E-state index is 6.59. The smallest absolute Gasteiger partial charge is 0.227 e. The second-order valence-electron chi connectivity index (χ2n) is 9.91. The molecule has 4 nitrogen and oxygen atoms in total. The summed E-state index contributed by atoms with van der Waals surface area (Å²) >= 11 is 6.59. The molecule has 0 saturated carbocycles. The van der Waals surface area contributed by atoms with Crippen LogP contribution >= 0.6 is 11.6 Å². The number of anilines is 2. The Morgan fingerprint density at radius 3 is 2.42 bits per heavy atom. The number of piperidine rings is 1. The molecule has 6 rings (SSSR count). The Morgan fingerprint density at radius 1 is 0.861 bits per heavy atom. The minimum Gasteiger partial charge on any atom is -0.324 e. The molecule has 1 unspecified atom stereocenters. The highest BCUT2D eigenvalue weighted by Crippen LogP contribution is 2.43. The van der Waals surface area contributed by atoms with Crippen molar-refractivity contribution in [3.63, 3.8) is 0 Å². The summed E-state index contributed by atoms with van der Waals surface area (Å²) in [5, 5.41) is 4.22. The number of benzene rings is 3. The zero-order valence-corrected chi connectivity index (χ0v) is 21.2. The number of halogens is 1. The fourth-order valence-corrected chi connectivity index (χ4v) is 5.85. The van der Waals surface area contributed by atoms with Crippen molar-refractivity contribution in [3.8, 4) is 11.3 Å². The Labute approximate surface area is 218 Å². The third-order valence-corrected chi connectivity index (χ3v) is 7.88. The summed E-state index contributed by atoms with van der Waals surface area (Å²) in [6, 6.07) is 25.4. The summed E-state index contributed by atoms with van der Waals surface area (Å²) in [5.41, 5.74) is 8.11. The Morgan fingerprint density at radius 2 is 1.61 bits per heavy atom. The van der Waals surface area contributed by atoms with Gasteiger partial charge in [0.2, 0.25) is 5.95 Å². The molecule has 3 aromatic carbocycles. The van der Waals surface area contributed by atoms with E-state index in [-0.39, 0.29) is 5.92 Å². The summed E-state index contributed by atoms with van der Waals surface area (Å²) in [7, 11) is 0. The number of hydrogen-bond donors (Lipinski definition) is 1. The van der Waals surface area contributed by atoms with Gasteiger partial charge in [-0.3, -0.25) is 0 Å². The van der Waals surface area contributed by atoms with Crippen molar-refractivity contribution in [2.75, 3.05) is 25.0 Å². The van der Waals surface area contributed by atoms with Crippen LogP contribution in [0.3, 0.4) is 0 Å². The molecular formula is C31H31ClN4. The molecule has 2 aliphatic rings. The second kappa shape index (κ2) is 10.4. The summed E-state index contributed by atoms with van der Waals surface area (Å²) in [4.78, 5) is 12.2. The average molecular weight is 495 g/mol. The van der Waals surface area contributed by atoms with E-state index in [2.05, 4.69) is 75.9 Å². The minimum atomic E-state index is 0.197. The molecule has 1 N–H and O–H groups in total. The predicted molar refractivity (Wildman–Crippen MR) is 148 cm³/mol. The van der Waals surface area contributed by atoms with E-state index in [1.807, 2.05) is 18.3 Å². The maximum Gasteiger partial charge on any atom is 0.227 e. The average Bonchev–Trinajstić information content (AvgIpc) is 2.93. The van der Waals surface area contributed by atoms with Gasteiger partial charge in [-0.15, -0.1) is 0 Å². The first kappa shape index (κ1) is 23.2. The van der Waals surface area contributed by atoms with Gasteiger partial charge in [0.15, 0.2) is 0 Å². The molecule has 5 heteroatoms. The Balaban J connectivity index is 1.20. The number of nitrogens with zero attached hydrogens (tertiary/aromatic N) is 3. The summed E-state index contributed by atoms with van der Waals surface area (Å²) in [6.07, 6.45) is 7.97. The van der Waals surface area contributed by atoms with Crippen molar-refractivity contribution < 1.29 is 0 Å². The first-order valence-electron chi connectivity index (χ1n) is 13.0. The third-order valence-electron chi connectivity index (χ3n) is 7.54. The fourth-order valence-electron chi connectivity index (χ4n) is 5.59. The Hall–Kier alpha value is -3.21. The molecule has 1 fully saturated rings. The van der Waals surface area contributed by atoms with Gasteiger partial charge in [0.05, 0.1) is 5.69 Å². The summed E-state index contributed by atoms with van der Waals surface area (Å²) < 4.78 is 0. The van der Waals surface area contributed by atoms with Crippen molar-refractivity contribution in [2.45, 2.75) is 38.0 Å². The van der Waals surface area contributed by atoms with Gasteiger partial charge < -0.3 is 10.2 Å². The molecule has 0 amide bonds. The molecule has 0 spiro atoms. The van der Waals surface area contributed by atoms with Crippen molar-refractivity contribution in [3.05, 3.63) is 106 Å². The number of aromatic nitrogens is 2. The summed E-state index contributed by atoms with van der Waals surface area (Å²) in [5.74, 6) is 0.822. The monoisotopic (exact) mass is 494 g/mol. The second-order valence-corrected chi connectivity index (χ2v) is 10.3. The largest absolute Gasteiger partial charge is 0.324 e. The molecule has 1 saturated heterocycles. The van der Waals surface area contributed by atoms with Crippen LogP contribution in [0, 0.1) is 0 Å². The van der Waals surface area contributed by atoms with Gasteiger partial charge >= 0.3 is 0 Å². The molecule has 0 radical (unpaired) electrons. The van der Waals surface area contributed by atoms with Gasteiger partial charge in [-0.05, 0) is 79.2 Å². The molecule has 0 bridgehead atoms. The lowest BCUT2D eigenvalue weighted by Gasteiger charge is -2.28. The van der Waals surface area contributed by atoms with Gasteiger partial charge in [0.25, 0.3) is 0 Å². The lowest BCUT2D eigenvalue weighted by molar-refractivity contribution is 0.231. The van der Waals surface area contributed by atoms with Crippen LogP contribution < -0.4 is 5.32 Å². The highest BCUT2D eigenvalue weighted by Gasteiger charge is 2.28. The highest BCUT2D eigenvalue weighted by atomic mass is 35.5. The fraction of sp³-hybridized carbons (Fsp3) is 0.290. The molecule has 1 atom stereocenters. The quantitative estimate of drug-likeness (QED) is 0.306. The zero-order chi connectivity index (χ0) is 24.3. The minimum absolute atomic E-state index is 0.197. The number of likely N-dealkylation sites (tertiary alicyclic amines) is 1. The van der Waals surface area contributed by atoms with E-state index < -0.39 is 0 Å².